The minimum absolute atomic E-state index is 0.0463. The number of hydrogen-bond donors (Lipinski definition) is 4. The van der Waals surface area contributed by atoms with Crippen molar-refractivity contribution in [2.24, 2.45) is 0 Å². The zero-order valence-corrected chi connectivity index (χ0v) is 7.75. The highest BCUT2D eigenvalue weighted by molar-refractivity contribution is 5.07. The Bertz CT molecular complexity index is 246. The predicted octanol–water partition coefficient (Wildman–Crippen LogP) is -2.42. The number of ether oxygens (including phenoxy) is 2. The molecule has 4 N–H and O–H groups in total. The van der Waals surface area contributed by atoms with Crippen LogP contribution in [0.4, 0.5) is 0 Å². The van der Waals surface area contributed by atoms with E-state index in [0.717, 1.165) is 0 Å². The van der Waals surface area contributed by atoms with Crippen LogP contribution in [0.25, 0.3) is 0 Å². The Balaban J connectivity index is 2.34. The molecule has 6 heteroatoms. The normalized spacial score (nSPS) is 57.6. The molecular weight excluding hydrogens is 192 g/mol. The molecule has 0 aliphatic carbocycles. The first kappa shape index (κ1) is 10.3. The summed E-state index contributed by atoms with van der Waals surface area (Å²) in [6.45, 7) is 0.951. The second kappa shape index (κ2) is 2.88. The Morgan fingerprint density at radius 2 is 1.93 bits per heavy atom. The molecule has 2 saturated heterocycles. The smallest absolute Gasteiger partial charge is 0.195 e. The standard InChI is InChI=1S/C8H14O6/c1-7-5(11)4(10)6(12)8(2-9,14-7)3-13-7/h4-6,9-12H,2-3H2,1H3/t4-,5-,6+,7?,8?/m1/s1. The lowest BCUT2D eigenvalue weighted by atomic mass is 9.87. The van der Waals surface area contributed by atoms with Crippen molar-refractivity contribution in [3.8, 4) is 0 Å². The van der Waals surface area contributed by atoms with Gasteiger partial charge in [0.15, 0.2) is 5.79 Å². The van der Waals surface area contributed by atoms with Crippen molar-refractivity contribution in [1.29, 1.82) is 0 Å². The molecule has 82 valence electrons. The molecular formula is C8H14O6. The van der Waals surface area contributed by atoms with Gasteiger partial charge in [-0.1, -0.05) is 0 Å². The summed E-state index contributed by atoms with van der Waals surface area (Å²) >= 11 is 0. The van der Waals surface area contributed by atoms with Crippen molar-refractivity contribution in [2.45, 2.75) is 36.6 Å². The van der Waals surface area contributed by atoms with Gasteiger partial charge in [0, 0.05) is 0 Å². The summed E-state index contributed by atoms with van der Waals surface area (Å²) in [5, 5.41) is 37.8. The molecule has 0 radical (unpaired) electrons. The molecule has 6 nitrogen and oxygen atoms in total. The molecule has 0 spiro atoms. The van der Waals surface area contributed by atoms with Crippen molar-refractivity contribution < 1.29 is 29.9 Å². The van der Waals surface area contributed by atoms with E-state index in [1.807, 2.05) is 0 Å². The molecule has 2 aliphatic heterocycles. The summed E-state index contributed by atoms with van der Waals surface area (Å²) in [4.78, 5) is 0. The number of aliphatic hydroxyl groups excluding tert-OH is 4. The van der Waals surface area contributed by atoms with Crippen LogP contribution in [-0.2, 0) is 9.47 Å². The molecule has 0 saturated carbocycles. The van der Waals surface area contributed by atoms with Crippen LogP contribution in [-0.4, -0.2) is 63.3 Å². The fourth-order valence-electron chi connectivity index (χ4n) is 1.98. The van der Waals surface area contributed by atoms with E-state index in [9.17, 15) is 15.3 Å². The Labute approximate surface area is 80.7 Å². The largest absolute Gasteiger partial charge is 0.393 e. The molecule has 5 atom stereocenters. The van der Waals surface area contributed by atoms with Crippen molar-refractivity contribution in [2.75, 3.05) is 13.2 Å². The van der Waals surface area contributed by atoms with Gasteiger partial charge in [-0.2, -0.15) is 0 Å². The maximum atomic E-state index is 9.62. The third-order valence-electron chi connectivity index (χ3n) is 3.00. The van der Waals surface area contributed by atoms with Gasteiger partial charge in [-0.05, 0) is 6.92 Å². The number of aliphatic hydroxyl groups is 4. The van der Waals surface area contributed by atoms with Gasteiger partial charge in [0.1, 0.15) is 23.9 Å². The van der Waals surface area contributed by atoms with Gasteiger partial charge < -0.3 is 29.9 Å². The van der Waals surface area contributed by atoms with Gasteiger partial charge >= 0.3 is 0 Å². The molecule has 2 aliphatic rings. The molecule has 0 amide bonds. The summed E-state index contributed by atoms with van der Waals surface area (Å²) in [6.07, 6.45) is -4.04. The number of rotatable bonds is 1. The van der Waals surface area contributed by atoms with Crippen LogP contribution in [0.1, 0.15) is 6.92 Å². The first-order valence-corrected chi connectivity index (χ1v) is 4.44. The first-order valence-electron chi connectivity index (χ1n) is 4.44. The number of hydrogen-bond acceptors (Lipinski definition) is 6. The molecule has 2 heterocycles. The van der Waals surface area contributed by atoms with Crippen LogP contribution >= 0.6 is 0 Å². The highest BCUT2D eigenvalue weighted by Crippen LogP contribution is 2.43. The molecule has 2 bridgehead atoms. The Hall–Kier alpha value is -0.240. The van der Waals surface area contributed by atoms with E-state index in [2.05, 4.69) is 0 Å². The molecule has 0 aromatic rings. The summed E-state index contributed by atoms with van der Waals surface area (Å²) in [5.74, 6) is -1.35. The topological polar surface area (TPSA) is 99.4 Å². The van der Waals surface area contributed by atoms with Gasteiger partial charge in [-0.25, -0.2) is 0 Å². The molecule has 0 aromatic carbocycles. The molecule has 14 heavy (non-hydrogen) atoms. The predicted molar refractivity (Wildman–Crippen MR) is 43.3 cm³/mol. The van der Waals surface area contributed by atoms with Crippen LogP contribution in [0.2, 0.25) is 0 Å². The summed E-state index contributed by atoms with van der Waals surface area (Å²) in [5.41, 5.74) is -1.31. The Kier molecular flexibility index (Phi) is 2.11. The SMILES string of the molecule is CC12OCC(CO)(O1)[C@@H](O)[C@H](O)[C@H]2O. The fraction of sp³-hybridized carbons (Fsp3) is 1.00. The Morgan fingerprint density at radius 3 is 2.50 bits per heavy atom. The van der Waals surface area contributed by atoms with Crippen LogP contribution in [0.3, 0.4) is 0 Å². The second-order valence-corrected chi connectivity index (χ2v) is 4.01. The van der Waals surface area contributed by atoms with Crippen molar-refractivity contribution in [3.05, 3.63) is 0 Å². The maximum absolute atomic E-state index is 9.62. The first-order chi connectivity index (χ1) is 6.45. The van der Waals surface area contributed by atoms with Gasteiger partial charge in [0.05, 0.1) is 13.2 Å². The van der Waals surface area contributed by atoms with Gasteiger partial charge in [0.2, 0.25) is 0 Å². The molecule has 2 unspecified atom stereocenters. The third-order valence-corrected chi connectivity index (χ3v) is 3.00. The summed E-state index contributed by atoms with van der Waals surface area (Å²) in [6, 6.07) is 0. The minimum Gasteiger partial charge on any atom is -0.393 e. The molecule has 0 aromatic heterocycles. The lowest BCUT2D eigenvalue weighted by Crippen LogP contribution is -2.65. The number of fused-ring (bicyclic) bond motifs is 2. The minimum atomic E-state index is -1.37. The van der Waals surface area contributed by atoms with E-state index in [-0.39, 0.29) is 6.61 Å². The van der Waals surface area contributed by atoms with Crippen molar-refractivity contribution in [3.63, 3.8) is 0 Å². The lowest BCUT2D eigenvalue weighted by Gasteiger charge is -2.44. The van der Waals surface area contributed by atoms with Gasteiger partial charge in [-0.3, -0.25) is 0 Å². The van der Waals surface area contributed by atoms with E-state index in [1.54, 1.807) is 0 Å². The second-order valence-electron chi connectivity index (χ2n) is 4.01. The van der Waals surface area contributed by atoms with Gasteiger partial charge in [0.25, 0.3) is 0 Å². The van der Waals surface area contributed by atoms with Crippen LogP contribution in [0, 0.1) is 0 Å². The highest BCUT2D eigenvalue weighted by atomic mass is 16.8. The summed E-state index contributed by atoms with van der Waals surface area (Å²) in [7, 11) is 0. The summed E-state index contributed by atoms with van der Waals surface area (Å²) < 4.78 is 10.4. The van der Waals surface area contributed by atoms with E-state index in [0.29, 0.717) is 0 Å². The van der Waals surface area contributed by atoms with E-state index < -0.39 is 36.3 Å². The quantitative estimate of drug-likeness (QED) is 0.381. The average molecular weight is 206 g/mol. The van der Waals surface area contributed by atoms with Crippen molar-refractivity contribution in [1.82, 2.24) is 0 Å². The van der Waals surface area contributed by atoms with E-state index in [1.165, 1.54) is 6.92 Å². The third kappa shape index (κ3) is 1.06. The molecule has 2 rings (SSSR count). The highest BCUT2D eigenvalue weighted by Gasteiger charge is 2.64. The Morgan fingerprint density at radius 1 is 1.29 bits per heavy atom. The van der Waals surface area contributed by atoms with Gasteiger partial charge in [-0.15, -0.1) is 0 Å². The monoisotopic (exact) mass is 206 g/mol. The fourth-order valence-corrected chi connectivity index (χ4v) is 1.98. The van der Waals surface area contributed by atoms with Crippen molar-refractivity contribution >= 4 is 0 Å². The zero-order chi connectivity index (χ0) is 10.6. The van der Waals surface area contributed by atoms with E-state index >= 15 is 0 Å². The zero-order valence-electron chi connectivity index (χ0n) is 7.75. The van der Waals surface area contributed by atoms with E-state index in [4.69, 9.17) is 14.6 Å². The average Bonchev–Trinajstić information content (AvgIpc) is 2.52. The maximum Gasteiger partial charge on any atom is 0.195 e. The van der Waals surface area contributed by atoms with Crippen LogP contribution < -0.4 is 0 Å². The lowest BCUT2D eigenvalue weighted by molar-refractivity contribution is -0.314. The van der Waals surface area contributed by atoms with Crippen LogP contribution in [0.5, 0.6) is 0 Å². The van der Waals surface area contributed by atoms with Crippen LogP contribution in [0.15, 0.2) is 0 Å². The molecule has 2 fully saturated rings.